The summed E-state index contributed by atoms with van der Waals surface area (Å²) >= 11 is 5.37. The lowest BCUT2D eigenvalue weighted by Gasteiger charge is -2.04. The average Bonchev–Trinajstić information content (AvgIpc) is 2.92. The minimum Gasteiger partial charge on any atom is -0.207 e. The summed E-state index contributed by atoms with van der Waals surface area (Å²) in [5.41, 5.74) is 3.63. The SMILES string of the molecule is Cc1ccc(Br)c(Cc2ccc(-c3ccc(F)cc3)s2)c1. The van der Waals surface area contributed by atoms with Crippen LogP contribution in [0.4, 0.5) is 4.39 Å². The maximum Gasteiger partial charge on any atom is 0.123 e. The highest BCUT2D eigenvalue weighted by molar-refractivity contribution is 9.10. The van der Waals surface area contributed by atoms with E-state index in [1.807, 2.05) is 12.1 Å². The molecule has 21 heavy (non-hydrogen) atoms. The van der Waals surface area contributed by atoms with Crippen LogP contribution in [0.25, 0.3) is 10.4 Å². The lowest BCUT2D eigenvalue weighted by atomic mass is 10.1. The van der Waals surface area contributed by atoms with Gasteiger partial charge >= 0.3 is 0 Å². The Bertz CT molecular complexity index is 759. The molecule has 3 aromatic rings. The van der Waals surface area contributed by atoms with Crippen LogP contribution in [-0.4, -0.2) is 0 Å². The molecular formula is C18H14BrFS. The first-order valence-corrected chi connectivity index (χ1v) is 8.32. The molecule has 2 aromatic carbocycles. The number of benzene rings is 2. The Morgan fingerprint density at radius 1 is 1.00 bits per heavy atom. The smallest absolute Gasteiger partial charge is 0.123 e. The van der Waals surface area contributed by atoms with Gasteiger partial charge < -0.3 is 0 Å². The molecule has 0 saturated heterocycles. The molecule has 0 saturated carbocycles. The molecule has 3 heteroatoms. The van der Waals surface area contributed by atoms with E-state index in [1.54, 1.807) is 11.3 Å². The van der Waals surface area contributed by atoms with E-state index in [-0.39, 0.29) is 5.82 Å². The Kier molecular flexibility index (Phi) is 4.22. The Morgan fingerprint density at radius 3 is 2.52 bits per heavy atom. The van der Waals surface area contributed by atoms with Gasteiger partial charge in [0.2, 0.25) is 0 Å². The predicted octanol–water partition coefficient (Wildman–Crippen LogP) is 6.22. The molecule has 0 nitrogen and oxygen atoms in total. The van der Waals surface area contributed by atoms with Crippen LogP contribution in [0.15, 0.2) is 59.1 Å². The maximum atomic E-state index is 13.0. The fourth-order valence-electron chi connectivity index (χ4n) is 2.27. The molecule has 3 rings (SSSR count). The van der Waals surface area contributed by atoms with Gasteiger partial charge in [-0.3, -0.25) is 0 Å². The highest BCUT2D eigenvalue weighted by atomic mass is 79.9. The second-order valence-electron chi connectivity index (χ2n) is 5.04. The zero-order valence-corrected chi connectivity index (χ0v) is 14.0. The molecule has 0 N–H and O–H groups in total. The average molecular weight is 361 g/mol. The molecule has 1 heterocycles. The first-order valence-electron chi connectivity index (χ1n) is 6.71. The number of hydrogen-bond acceptors (Lipinski definition) is 1. The molecule has 106 valence electrons. The standard InChI is InChI=1S/C18H14BrFS/c1-12-2-8-17(19)14(10-12)11-16-7-9-18(21-16)13-3-5-15(20)6-4-13/h2-10H,11H2,1H3. The van der Waals surface area contributed by atoms with Crippen LogP contribution in [0.2, 0.25) is 0 Å². The lowest BCUT2D eigenvalue weighted by Crippen LogP contribution is -1.87. The van der Waals surface area contributed by atoms with E-state index in [0.717, 1.165) is 16.5 Å². The summed E-state index contributed by atoms with van der Waals surface area (Å²) in [4.78, 5) is 2.48. The second-order valence-corrected chi connectivity index (χ2v) is 7.07. The van der Waals surface area contributed by atoms with Crippen LogP contribution >= 0.6 is 27.3 Å². The largest absolute Gasteiger partial charge is 0.207 e. The number of rotatable bonds is 3. The molecule has 0 amide bonds. The Balaban J connectivity index is 1.85. The fraction of sp³-hybridized carbons (Fsp3) is 0.111. The molecule has 0 fully saturated rings. The maximum absolute atomic E-state index is 13.0. The summed E-state index contributed by atoms with van der Waals surface area (Å²) in [6.07, 6.45) is 0.911. The van der Waals surface area contributed by atoms with Gasteiger partial charge in [0.25, 0.3) is 0 Å². The fourth-order valence-corrected chi connectivity index (χ4v) is 3.69. The first-order chi connectivity index (χ1) is 10.1. The quantitative estimate of drug-likeness (QED) is 0.520. The number of aryl methyl sites for hydroxylation is 1. The highest BCUT2D eigenvalue weighted by Gasteiger charge is 2.06. The summed E-state index contributed by atoms with van der Waals surface area (Å²) in [5, 5.41) is 0. The van der Waals surface area contributed by atoms with Gasteiger partial charge in [0.1, 0.15) is 5.82 Å². The van der Waals surface area contributed by atoms with Crippen LogP contribution in [0.3, 0.4) is 0 Å². The van der Waals surface area contributed by atoms with E-state index in [0.29, 0.717) is 0 Å². The molecule has 0 spiro atoms. The van der Waals surface area contributed by atoms with E-state index in [1.165, 1.54) is 33.0 Å². The van der Waals surface area contributed by atoms with Crippen LogP contribution in [0.1, 0.15) is 16.0 Å². The molecule has 0 unspecified atom stereocenters. The van der Waals surface area contributed by atoms with E-state index >= 15 is 0 Å². The third-order valence-electron chi connectivity index (χ3n) is 3.36. The molecule has 1 aromatic heterocycles. The van der Waals surface area contributed by atoms with Crippen molar-refractivity contribution >= 4 is 27.3 Å². The number of halogens is 2. The number of hydrogen-bond donors (Lipinski definition) is 0. The van der Waals surface area contributed by atoms with Crippen LogP contribution < -0.4 is 0 Å². The predicted molar refractivity (Wildman–Crippen MR) is 91.4 cm³/mol. The van der Waals surface area contributed by atoms with Gasteiger partial charge in [-0.2, -0.15) is 0 Å². The van der Waals surface area contributed by atoms with Crippen molar-refractivity contribution in [1.82, 2.24) is 0 Å². The summed E-state index contributed by atoms with van der Waals surface area (Å²) < 4.78 is 14.1. The summed E-state index contributed by atoms with van der Waals surface area (Å²) in [7, 11) is 0. The van der Waals surface area contributed by atoms with E-state index in [2.05, 4.69) is 53.2 Å². The van der Waals surface area contributed by atoms with E-state index in [4.69, 9.17) is 0 Å². The lowest BCUT2D eigenvalue weighted by molar-refractivity contribution is 0.628. The van der Waals surface area contributed by atoms with Crippen LogP contribution in [0.5, 0.6) is 0 Å². The van der Waals surface area contributed by atoms with Crippen molar-refractivity contribution in [2.75, 3.05) is 0 Å². The third kappa shape index (κ3) is 3.42. The van der Waals surface area contributed by atoms with Crippen molar-refractivity contribution in [3.05, 3.63) is 80.9 Å². The van der Waals surface area contributed by atoms with Crippen molar-refractivity contribution in [2.45, 2.75) is 13.3 Å². The molecule has 0 aliphatic heterocycles. The van der Waals surface area contributed by atoms with E-state index in [9.17, 15) is 4.39 Å². The number of thiophene rings is 1. The summed E-state index contributed by atoms with van der Waals surface area (Å²) in [6.45, 7) is 2.11. The van der Waals surface area contributed by atoms with Crippen LogP contribution in [0, 0.1) is 12.7 Å². The zero-order valence-electron chi connectivity index (χ0n) is 11.6. The first kappa shape index (κ1) is 14.5. The normalized spacial score (nSPS) is 10.8. The minimum absolute atomic E-state index is 0.195. The van der Waals surface area contributed by atoms with Gasteiger partial charge in [-0.15, -0.1) is 11.3 Å². The van der Waals surface area contributed by atoms with Gasteiger partial charge in [0.05, 0.1) is 0 Å². The van der Waals surface area contributed by atoms with Crippen molar-refractivity contribution in [2.24, 2.45) is 0 Å². The van der Waals surface area contributed by atoms with Crippen molar-refractivity contribution < 1.29 is 4.39 Å². The van der Waals surface area contributed by atoms with Crippen molar-refractivity contribution in [1.29, 1.82) is 0 Å². The van der Waals surface area contributed by atoms with Gasteiger partial charge in [0, 0.05) is 20.6 Å². The van der Waals surface area contributed by atoms with Crippen molar-refractivity contribution in [3.63, 3.8) is 0 Å². The van der Waals surface area contributed by atoms with Crippen LogP contribution in [-0.2, 0) is 6.42 Å². The van der Waals surface area contributed by atoms with Gasteiger partial charge in [-0.25, -0.2) is 4.39 Å². The zero-order chi connectivity index (χ0) is 14.8. The molecule has 0 bridgehead atoms. The molecule has 0 aliphatic rings. The molecule has 0 atom stereocenters. The summed E-state index contributed by atoms with van der Waals surface area (Å²) in [6, 6.07) is 17.3. The molecular weight excluding hydrogens is 347 g/mol. The van der Waals surface area contributed by atoms with Gasteiger partial charge in [0.15, 0.2) is 0 Å². The monoisotopic (exact) mass is 360 g/mol. The minimum atomic E-state index is -0.195. The topological polar surface area (TPSA) is 0 Å². The third-order valence-corrected chi connectivity index (χ3v) is 5.26. The molecule has 0 aliphatic carbocycles. The van der Waals surface area contributed by atoms with Gasteiger partial charge in [-0.1, -0.05) is 45.8 Å². The Morgan fingerprint density at radius 2 is 1.76 bits per heavy atom. The summed E-state index contributed by atoms with van der Waals surface area (Å²) in [5.74, 6) is -0.195. The highest BCUT2D eigenvalue weighted by Crippen LogP contribution is 2.31. The second kappa shape index (κ2) is 6.12. The molecule has 0 radical (unpaired) electrons. The van der Waals surface area contributed by atoms with Gasteiger partial charge in [-0.05, 0) is 48.4 Å². The van der Waals surface area contributed by atoms with E-state index < -0.39 is 0 Å². The Labute approximate surface area is 136 Å². The Hall–Kier alpha value is -1.45. The van der Waals surface area contributed by atoms with Crippen molar-refractivity contribution in [3.8, 4) is 10.4 Å².